The van der Waals surface area contributed by atoms with Crippen molar-refractivity contribution in [1.29, 1.82) is 0 Å². The van der Waals surface area contributed by atoms with E-state index in [9.17, 15) is 9.18 Å². The van der Waals surface area contributed by atoms with Gasteiger partial charge in [0.1, 0.15) is 0 Å². The molecule has 1 aromatic heterocycles. The highest BCUT2D eigenvalue weighted by Gasteiger charge is 2.07. The number of methoxy groups -OCH3 is 1. The molecule has 0 amide bonds. The summed E-state index contributed by atoms with van der Waals surface area (Å²) in [5, 5.41) is 8.39. The van der Waals surface area contributed by atoms with Crippen molar-refractivity contribution in [2.45, 2.75) is 6.42 Å². The van der Waals surface area contributed by atoms with Gasteiger partial charge in [-0.3, -0.25) is 4.79 Å². The first-order valence-corrected chi connectivity index (χ1v) is 3.54. The van der Waals surface area contributed by atoms with Crippen LogP contribution in [-0.4, -0.2) is 23.2 Å². The number of ether oxygens (including phenoxy) is 1. The fourth-order valence-corrected chi connectivity index (χ4v) is 0.865. The number of hydrogen-bond acceptors (Lipinski definition) is 3. The Labute approximate surface area is 74.0 Å². The van der Waals surface area contributed by atoms with E-state index in [0.717, 1.165) is 0 Å². The van der Waals surface area contributed by atoms with Gasteiger partial charge in [-0.25, -0.2) is 4.98 Å². The highest BCUT2D eigenvalue weighted by molar-refractivity contribution is 5.69. The van der Waals surface area contributed by atoms with Gasteiger partial charge in [0.05, 0.1) is 19.2 Å². The zero-order chi connectivity index (χ0) is 9.84. The van der Waals surface area contributed by atoms with Crippen molar-refractivity contribution >= 4 is 5.97 Å². The van der Waals surface area contributed by atoms with E-state index >= 15 is 0 Å². The summed E-state index contributed by atoms with van der Waals surface area (Å²) < 4.78 is 17.5. The van der Waals surface area contributed by atoms with Gasteiger partial charge in [-0.1, -0.05) is 0 Å². The van der Waals surface area contributed by atoms with Crippen LogP contribution in [0.15, 0.2) is 12.1 Å². The van der Waals surface area contributed by atoms with Crippen molar-refractivity contribution < 1.29 is 19.0 Å². The van der Waals surface area contributed by atoms with Crippen molar-refractivity contribution in [1.82, 2.24) is 4.98 Å². The maximum absolute atomic E-state index is 12.9. The molecule has 0 unspecified atom stereocenters. The largest absolute Gasteiger partial charge is 0.492 e. The molecule has 0 bridgehead atoms. The highest BCUT2D eigenvalue weighted by Crippen LogP contribution is 2.14. The molecule has 0 radical (unpaired) electrons. The molecule has 0 aromatic carbocycles. The fraction of sp³-hybridized carbons (Fsp3) is 0.250. The van der Waals surface area contributed by atoms with E-state index in [0.29, 0.717) is 0 Å². The van der Waals surface area contributed by atoms with Gasteiger partial charge >= 0.3 is 5.97 Å². The predicted molar refractivity (Wildman–Crippen MR) is 42.1 cm³/mol. The van der Waals surface area contributed by atoms with Crippen LogP contribution in [0.5, 0.6) is 5.75 Å². The van der Waals surface area contributed by atoms with Crippen LogP contribution in [0.3, 0.4) is 0 Å². The maximum Gasteiger partial charge on any atom is 0.309 e. The minimum Gasteiger partial charge on any atom is -0.492 e. The molecular formula is C8H8FNO3. The van der Waals surface area contributed by atoms with Gasteiger partial charge in [0, 0.05) is 0 Å². The van der Waals surface area contributed by atoms with Crippen LogP contribution in [0, 0.1) is 5.95 Å². The summed E-state index contributed by atoms with van der Waals surface area (Å²) in [4.78, 5) is 13.7. The Morgan fingerprint density at radius 2 is 2.38 bits per heavy atom. The van der Waals surface area contributed by atoms with Gasteiger partial charge in [-0.2, -0.15) is 4.39 Å². The summed E-state index contributed by atoms with van der Waals surface area (Å²) in [6.45, 7) is 0. The van der Waals surface area contributed by atoms with Gasteiger partial charge < -0.3 is 9.84 Å². The zero-order valence-corrected chi connectivity index (χ0v) is 6.95. The van der Waals surface area contributed by atoms with Crippen LogP contribution in [0.25, 0.3) is 0 Å². The molecule has 0 atom stereocenters. The number of carbonyl (C=O) groups is 1. The van der Waals surface area contributed by atoms with E-state index in [4.69, 9.17) is 5.11 Å². The summed E-state index contributed by atoms with van der Waals surface area (Å²) in [6.07, 6.45) is -0.291. The molecule has 4 nitrogen and oxygen atoms in total. The molecule has 0 spiro atoms. The number of carboxylic acids is 1. The molecule has 0 aliphatic rings. The predicted octanol–water partition coefficient (Wildman–Crippen LogP) is 0.856. The summed E-state index contributed by atoms with van der Waals surface area (Å²) in [7, 11) is 1.32. The van der Waals surface area contributed by atoms with E-state index < -0.39 is 11.9 Å². The lowest BCUT2D eigenvalue weighted by Gasteiger charge is -2.01. The third kappa shape index (κ3) is 2.40. The summed E-state index contributed by atoms with van der Waals surface area (Å²) in [6, 6.07) is 2.76. The maximum atomic E-state index is 12.9. The Morgan fingerprint density at radius 3 is 2.85 bits per heavy atom. The van der Waals surface area contributed by atoms with Crippen LogP contribution in [0.1, 0.15) is 5.69 Å². The van der Waals surface area contributed by atoms with Crippen molar-refractivity contribution in [3.63, 3.8) is 0 Å². The number of pyridine rings is 1. The van der Waals surface area contributed by atoms with Crippen LogP contribution in [-0.2, 0) is 11.2 Å². The number of nitrogens with zero attached hydrogens (tertiary/aromatic N) is 1. The van der Waals surface area contributed by atoms with Gasteiger partial charge in [-0.15, -0.1) is 0 Å². The molecule has 0 fully saturated rings. The van der Waals surface area contributed by atoms with Crippen molar-refractivity contribution in [3.8, 4) is 5.75 Å². The molecule has 0 aliphatic heterocycles. The van der Waals surface area contributed by atoms with E-state index in [-0.39, 0.29) is 17.9 Å². The minimum atomic E-state index is -1.04. The number of aliphatic carboxylic acids is 1. The number of aromatic nitrogens is 1. The van der Waals surface area contributed by atoms with Crippen molar-refractivity contribution in [2.24, 2.45) is 0 Å². The summed E-state index contributed by atoms with van der Waals surface area (Å²) in [5.74, 6) is -1.83. The van der Waals surface area contributed by atoms with Crippen LogP contribution in [0.4, 0.5) is 4.39 Å². The molecule has 0 saturated carbocycles. The fourth-order valence-electron chi connectivity index (χ4n) is 0.865. The Balaban J connectivity index is 2.89. The minimum absolute atomic E-state index is 0.00846. The molecule has 1 N–H and O–H groups in total. The number of rotatable bonds is 3. The average molecular weight is 185 g/mol. The van der Waals surface area contributed by atoms with Crippen LogP contribution < -0.4 is 4.74 Å². The molecule has 1 heterocycles. The number of carboxylic acid groups (broad SMARTS) is 1. The monoisotopic (exact) mass is 185 g/mol. The molecule has 0 saturated heterocycles. The average Bonchev–Trinajstić information content (AvgIpc) is 2.03. The molecule has 1 rings (SSSR count). The Hall–Kier alpha value is -1.65. The first-order chi connectivity index (χ1) is 6.13. The van der Waals surface area contributed by atoms with E-state index in [1.54, 1.807) is 0 Å². The van der Waals surface area contributed by atoms with Crippen molar-refractivity contribution in [3.05, 3.63) is 23.8 Å². The number of hydrogen-bond donors (Lipinski definition) is 1. The first kappa shape index (κ1) is 9.44. The molecule has 1 aromatic rings. The molecule has 13 heavy (non-hydrogen) atoms. The first-order valence-electron chi connectivity index (χ1n) is 3.54. The second-order valence-corrected chi connectivity index (χ2v) is 2.37. The van der Waals surface area contributed by atoms with Crippen LogP contribution >= 0.6 is 0 Å². The van der Waals surface area contributed by atoms with Gasteiger partial charge in [0.15, 0.2) is 5.75 Å². The van der Waals surface area contributed by atoms with E-state index in [1.807, 2.05) is 0 Å². The van der Waals surface area contributed by atoms with Gasteiger partial charge in [0.2, 0.25) is 0 Å². The summed E-state index contributed by atoms with van der Waals surface area (Å²) in [5.41, 5.74) is 0.172. The van der Waals surface area contributed by atoms with E-state index in [1.165, 1.54) is 19.2 Å². The second-order valence-electron chi connectivity index (χ2n) is 2.37. The van der Waals surface area contributed by atoms with Crippen molar-refractivity contribution in [2.75, 3.05) is 7.11 Å². The molecular weight excluding hydrogens is 177 g/mol. The highest BCUT2D eigenvalue weighted by atomic mass is 19.1. The second kappa shape index (κ2) is 3.84. The molecule has 5 heteroatoms. The Morgan fingerprint density at radius 1 is 1.69 bits per heavy atom. The summed E-state index contributed by atoms with van der Waals surface area (Å²) >= 11 is 0. The zero-order valence-electron chi connectivity index (χ0n) is 6.95. The molecule has 70 valence electrons. The topological polar surface area (TPSA) is 59.4 Å². The lowest BCUT2D eigenvalue weighted by molar-refractivity contribution is -0.136. The van der Waals surface area contributed by atoms with Gasteiger partial charge in [0.25, 0.3) is 5.95 Å². The number of halogens is 1. The SMILES string of the molecule is COc1ccc(CC(=O)O)nc1F. The van der Waals surface area contributed by atoms with E-state index in [2.05, 4.69) is 9.72 Å². The molecule has 0 aliphatic carbocycles. The lowest BCUT2D eigenvalue weighted by atomic mass is 10.3. The Bertz CT molecular complexity index is 327. The van der Waals surface area contributed by atoms with Gasteiger partial charge in [-0.05, 0) is 12.1 Å². The third-order valence-corrected chi connectivity index (χ3v) is 1.42. The Kier molecular flexibility index (Phi) is 2.79. The quantitative estimate of drug-likeness (QED) is 0.709. The third-order valence-electron chi connectivity index (χ3n) is 1.42. The smallest absolute Gasteiger partial charge is 0.309 e. The van der Waals surface area contributed by atoms with Crippen LogP contribution in [0.2, 0.25) is 0 Å². The lowest BCUT2D eigenvalue weighted by Crippen LogP contribution is -2.04. The standard InChI is InChI=1S/C8H8FNO3/c1-13-6-3-2-5(4-7(11)12)10-8(6)9/h2-3H,4H2,1H3,(H,11,12). The normalized spacial score (nSPS) is 9.69.